The number of nitrogens with zero attached hydrogens (tertiary/aromatic N) is 5. The normalized spacial score (nSPS) is 13.6. The Morgan fingerprint density at radius 2 is 1.74 bits per heavy atom. The number of aliphatic imine (C=N–C) groups is 1. The van der Waals surface area contributed by atoms with E-state index in [0.29, 0.717) is 11.5 Å². The predicted octanol–water partition coefficient (Wildman–Crippen LogP) is 2.95. The number of benzene rings is 1. The van der Waals surface area contributed by atoms with E-state index in [-0.39, 0.29) is 5.82 Å². The van der Waals surface area contributed by atoms with E-state index in [9.17, 15) is 4.39 Å². The first kappa shape index (κ1) is 15.6. The Morgan fingerprint density at radius 3 is 2.48 bits per heavy atom. The van der Waals surface area contributed by atoms with E-state index >= 15 is 0 Å². The van der Waals surface area contributed by atoms with Crippen LogP contribution in [0.4, 0.5) is 4.39 Å². The molecule has 1 aromatic carbocycles. The molecule has 1 aliphatic heterocycles. The molecule has 0 bridgehead atoms. The first-order chi connectivity index (χ1) is 13.3. The van der Waals surface area contributed by atoms with Crippen molar-refractivity contribution in [1.82, 2.24) is 24.9 Å². The first-order valence-electron chi connectivity index (χ1n) is 8.64. The molecule has 5 rings (SSSR count). The number of hydrogen-bond acceptors (Lipinski definition) is 5. The lowest BCUT2D eigenvalue weighted by Gasteiger charge is -2.08. The molecule has 27 heavy (non-hydrogen) atoms. The Hall–Kier alpha value is -3.61. The molecule has 0 amide bonds. The van der Waals surface area contributed by atoms with Crippen LogP contribution in [0.2, 0.25) is 0 Å². The van der Waals surface area contributed by atoms with Crippen LogP contribution in [0, 0.1) is 5.82 Å². The number of aromatic nitrogens is 4. The zero-order chi connectivity index (χ0) is 18.2. The van der Waals surface area contributed by atoms with E-state index < -0.39 is 0 Å². The zero-order valence-corrected chi connectivity index (χ0v) is 14.3. The van der Waals surface area contributed by atoms with Gasteiger partial charge in [-0.05, 0) is 48.5 Å². The van der Waals surface area contributed by atoms with Gasteiger partial charge in [-0.3, -0.25) is 9.98 Å². The Morgan fingerprint density at radius 1 is 0.926 bits per heavy atom. The van der Waals surface area contributed by atoms with Gasteiger partial charge in [0, 0.05) is 30.1 Å². The van der Waals surface area contributed by atoms with Gasteiger partial charge in [0.05, 0.1) is 17.8 Å². The second-order valence-corrected chi connectivity index (χ2v) is 6.20. The fourth-order valence-electron chi connectivity index (χ4n) is 3.19. The quantitative estimate of drug-likeness (QED) is 0.611. The molecular formula is C20H15FN6. The van der Waals surface area contributed by atoms with Crippen LogP contribution in [0.5, 0.6) is 0 Å². The maximum absolute atomic E-state index is 13.3. The third-order valence-corrected chi connectivity index (χ3v) is 4.49. The smallest absolute Gasteiger partial charge is 0.182 e. The maximum atomic E-state index is 13.3. The number of halogens is 1. The molecule has 0 fully saturated rings. The van der Waals surface area contributed by atoms with Gasteiger partial charge in [0.25, 0.3) is 0 Å². The number of pyridine rings is 2. The summed E-state index contributed by atoms with van der Waals surface area (Å²) in [6.07, 6.45) is 3.49. The standard InChI is InChI=1S/C20H15FN6/c21-15-3-1-14(2-4-15)18-25-20-16(19-23-11-12-24-19)5-6-17(27(20)26-18)13-7-9-22-10-8-13/h1-10H,11-12H2,(H,23,24). The minimum atomic E-state index is -0.287. The Kier molecular flexibility index (Phi) is 3.64. The number of fused-ring (bicyclic) bond motifs is 1. The van der Waals surface area contributed by atoms with Crippen molar-refractivity contribution < 1.29 is 4.39 Å². The average Bonchev–Trinajstić information content (AvgIpc) is 3.39. The maximum Gasteiger partial charge on any atom is 0.182 e. The van der Waals surface area contributed by atoms with Crippen molar-refractivity contribution >= 4 is 11.5 Å². The largest absolute Gasteiger partial charge is 0.368 e. The van der Waals surface area contributed by atoms with Crippen molar-refractivity contribution in [3.8, 4) is 22.6 Å². The monoisotopic (exact) mass is 358 g/mol. The molecule has 0 saturated carbocycles. The van der Waals surface area contributed by atoms with E-state index in [0.717, 1.165) is 41.3 Å². The average molecular weight is 358 g/mol. The summed E-state index contributed by atoms with van der Waals surface area (Å²) in [7, 11) is 0. The molecule has 1 aliphatic rings. The van der Waals surface area contributed by atoms with Gasteiger partial charge in [-0.1, -0.05) is 0 Å². The van der Waals surface area contributed by atoms with Crippen LogP contribution >= 0.6 is 0 Å². The fourth-order valence-corrected chi connectivity index (χ4v) is 3.19. The summed E-state index contributed by atoms with van der Waals surface area (Å²) in [6.45, 7) is 1.55. The molecular weight excluding hydrogens is 343 g/mol. The molecule has 0 unspecified atom stereocenters. The van der Waals surface area contributed by atoms with Crippen LogP contribution in [-0.4, -0.2) is 38.5 Å². The number of nitrogens with one attached hydrogen (secondary N) is 1. The van der Waals surface area contributed by atoms with Crippen LogP contribution in [0.3, 0.4) is 0 Å². The minimum absolute atomic E-state index is 0.287. The van der Waals surface area contributed by atoms with Gasteiger partial charge >= 0.3 is 0 Å². The summed E-state index contributed by atoms with van der Waals surface area (Å²) in [5.41, 5.74) is 4.24. The topological polar surface area (TPSA) is 67.5 Å². The molecule has 0 radical (unpaired) electrons. The molecule has 1 N–H and O–H groups in total. The summed E-state index contributed by atoms with van der Waals surface area (Å²) in [5, 5.41) is 7.99. The lowest BCUT2D eigenvalue weighted by molar-refractivity contribution is 0.628. The lowest BCUT2D eigenvalue weighted by Crippen LogP contribution is -2.20. The van der Waals surface area contributed by atoms with Gasteiger partial charge in [0.1, 0.15) is 11.7 Å². The number of hydrogen-bond donors (Lipinski definition) is 1. The van der Waals surface area contributed by atoms with Crippen LogP contribution < -0.4 is 5.32 Å². The molecule has 0 saturated heterocycles. The SMILES string of the molecule is Fc1ccc(-c2nc3c(C4=NCCN4)ccc(-c4ccncc4)n3n2)cc1. The molecule has 7 heteroatoms. The molecule has 3 aromatic heterocycles. The second-order valence-electron chi connectivity index (χ2n) is 6.20. The summed E-state index contributed by atoms with van der Waals surface area (Å²) < 4.78 is 15.1. The third-order valence-electron chi connectivity index (χ3n) is 4.49. The van der Waals surface area contributed by atoms with Crippen LogP contribution in [-0.2, 0) is 0 Å². The lowest BCUT2D eigenvalue weighted by atomic mass is 10.1. The van der Waals surface area contributed by atoms with E-state index in [1.54, 1.807) is 24.5 Å². The second kappa shape index (κ2) is 6.28. The van der Waals surface area contributed by atoms with Crippen LogP contribution in [0.15, 0.2) is 65.9 Å². The molecule has 132 valence electrons. The third kappa shape index (κ3) is 2.73. The van der Waals surface area contributed by atoms with Crippen molar-refractivity contribution in [2.75, 3.05) is 13.1 Å². The fraction of sp³-hybridized carbons (Fsp3) is 0.100. The predicted molar refractivity (Wildman–Crippen MR) is 101 cm³/mol. The molecule has 0 aliphatic carbocycles. The van der Waals surface area contributed by atoms with Gasteiger partial charge < -0.3 is 5.32 Å². The summed E-state index contributed by atoms with van der Waals surface area (Å²) >= 11 is 0. The van der Waals surface area contributed by atoms with E-state index in [1.165, 1.54) is 12.1 Å². The number of rotatable bonds is 3. The Bertz CT molecular complexity index is 1150. The van der Waals surface area contributed by atoms with Crippen molar-refractivity contribution in [2.45, 2.75) is 0 Å². The van der Waals surface area contributed by atoms with Crippen molar-refractivity contribution in [1.29, 1.82) is 0 Å². The van der Waals surface area contributed by atoms with E-state index in [2.05, 4.69) is 15.3 Å². The number of amidine groups is 1. The highest BCUT2D eigenvalue weighted by Gasteiger charge is 2.18. The summed E-state index contributed by atoms with van der Waals surface area (Å²) in [6, 6.07) is 14.1. The highest BCUT2D eigenvalue weighted by Crippen LogP contribution is 2.25. The van der Waals surface area contributed by atoms with Gasteiger partial charge in [-0.2, -0.15) is 0 Å². The first-order valence-corrected chi connectivity index (χ1v) is 8.64. The van der Waals surface area contributed by atoms with Gasteiger partial charge in [0.2, 0.25) is 0 Å². The Labute approximate surface area is 154 Å². The molecule has 4 aromatic rings. The molecule has 0 atom stereocenters. The zero-order valence-electron chi connectivity index (χ0n) is 14.3. The Balaban J connectivity index is 1.75. The van der Waals surface area contributed by atoms with Crippen molar-refractivity contribution in [3.63, 3.8) is 0 Å². The van der Waals surface area contributed by atoms with Gasteiger partial charge in [-0.15, -0.1) is 5.10 Å². The van der Waals surface area contributed by atoms with E-state index in [1.807, 2.05) is 28.8 Å². The summed E-state index contributed by atoms with van der Waals surface area (Å²) in [5.74, 6) is 1.07. The van der Waals surface area contributed by atoms with Crippen molar-refractivity contribution in [3.05, 3.63) is 72.3 Å². The van der Waals surface area contributed by atoms with Gasteiger partial charge in [-0.25, -0.2) is 13.9 Å². The highest BCUT2D eigenvalue weighted by molar-refractivity contribution is 6.05. The van der Waals surface area contributed by atoms with Gasteiger partial charge in [0.15, 0.2) is 11.5 Å². The summed E-state index contributed by atoms with van der Waals surface area (Å²) in [4.78, 5) is 13.3. The van der Waals surface area contributed by atoms with Crippen LogP contribution in [0.25, 0.3) is 28.3 Å². The molecule has 0 spiro atoms. The highest BCUT2D eigenvalue weighted by atomic mass is 19.1. The molecule has 6 nitrogen and oxygen atoms in total. The minimum Gasteiger partial charge on any atom is -0.368 e. The van der Waals surface area contributed by atoms with Crippen molar-refractivity contribution in [2.24, 2.45) is 4.99 Å². The van der Waals surface area contributed by atoms with Crippen LogP contribution in [0.1, 0.15) is 5.56 Å². The molecule has 4 heterocycles. The van der Waals surface area contributed by atoms with E-state index in [4.69, 9.17) is 10.1 Å².